The Kier molecular flexibility index (Phi) is 10.3. The maximum absolute atomic E-state index is 13.1. The molecule has 1 heterocycles. The van der Waals surface area contributed by atoms with Gasteiger partial charge in [-0.2, -0.15) is 0 Å². The van der Waals surface area contributed by atoms with Crippen molar-refractivity contribution in [2.45, 2.75) is 35.3 Å². The Morgan fingerprint density at radius 2 is 2.24 bits per heavy atom. The fourth-order valence-electron chi connectivity index (χ4n) is 3.57. The molecule has 0 radical (unpaired) electrons. The molecule has 15 heteroatoms. The summed E-state index contributed by atoms with van der Waals surface area (Å²) in [5.41, 5.74) is 0.109. The molecule has 186 valence electrons. The molecular formula is C18H32N8O5S2. The molecular weight excluding hydrogens is 472 g/mol. The summed E-state index contributed by atoms with van der Waals surface area (Å²) in [6.45, 7) is 3.67. The number of anilines is 1. The van der Waals surface area contributed by atoms with Crippen molar-refractivity contribution in [1.29, 1.82) is 5.41 Å². The maximum Gasteiger partial charge on any atom is 0.240 e. The molecule has 0 bridgehead atoms. The molecule has 0 saturated carbocycles. The molecule has 1 aromatic carbocycles. The van der Waals surface area contributed by atoms with Gasteiger partial charge in [-0.1, -0.05) is 5.22 Å². The molecule has 1 saturated heterocycles. The molecule has 2 unspecified atom stereocenters. The standard InChI is InChI=1S/C18H32N8O5S2/c1-3-26(9-13(10-27)31-2)14-4-5-15(32(28)11-23-12-6-7-22-8-12)17(33(21,29)30)16(14)18(19)24-25-20/h4-5,12-13,22-23,27H,3,6-11H2,1-2H3,(H3,19,20,24)(H2,21,29,30)/t12-,13?,32?/m1/s1. The molecule has 1 fully saturated rings. The van der Waals surface area contributed by atoms with Gasteiger partial charge >= 0.3 is 0 Å². The fraction of sp³-hybridized carbons (Fsp3) is 0.611. The van der Waals surface area contributed by atoms with Gasteiger partial charge in [-0.15, -0.1) is 5.11 Å². The first-order chi connectivity index (χ1) is 15.7. The minimum Gasteiger partial charge on any atom is -0.394 e. The Morgan fingerprint density at radius 3 is 2.76 bits per heavy atom. The van der Waals surface area contributed by atoms with E-state index in [2.05, 4.69) is 21.0 Å². The summed E-state index contributed by atoms with van der Waals surface area (Å²) in [5, 5.41) is 36.3. The van der Waals surface area contributed by atoms with E-state index in [1.165, 1.54) is 13.2 Å². The molecule has 2 rings (SSSR count). The average Bonchev–Trinajstić information content (AvgIpc) is 3.31. The van der Waals surface area contributed by atoms with Gasteiger partial charge < -0.3 is 31.2 Å². The van der Waals surface area contributed by atoms with Gasteiger partial charge in [-0.3, -0.25) is 9.62 Å². The van der Waals surface area contributed by atoms with Crippen LogP contribution in [0.3, 0.4) is 0 Å². The van der Waals surface area contributed by atoms with Crippen LogP contribution in [0.1, 0.15) is 18.9 Å². The van der Waals surface area contributed by atoms with Gasteiger partial charge in [0.2, 0.25) is 10.0 Å². The lowest BCUT2D eigenvalue weighted by molar-refractivity contribution is 0.0540. The summed E-state index contributed by atoms with van der Waals surface area (Å²) in [6, 6.07) is 3.08. The number of hydrogen-bond acceptors (Lipinski definition) is 10. The van der Waals surface area contributed by atoms with Gasteiger partial charge in [-0.25, -0.2) is 13.6 Å². The van der Waals surface area contributed by atoms with Crippen molar-refractivity contribution in [2.24, 2.45) is 21.3 Å². The zero-order valence-corrected chi connectivity index (χ0v) is 20.3. The topological polar surface area (TPSA) is 209 Å². The van der Waals surface area contributed by atoms with E-state index in [9.17, 15) is 17.7 Å². The van der Waals surface area contributed by atoms with Gasteiger partial charge in [0, 0.05) is 38.5 Å². The van der Waals surface area contributed by atoms with Gasteiger partial charge in [0.15, 0.2) is 5.84 Å². The second-order valence-electron chi connectivity index (χ2n) is 7.36. The predicted molar refractivity (Wildman–Crippen MR) is 125 cm³/mol. The van der Waals surface area contributed by atoms with Crippen LogP contribution in [0.2, 0.25) is 0 Å². The minimum atomic E-state index is -4.44. The number of methoxy groups -OCH3 is 1. The zero-order chi connectivity index (χ0) is 24.6. The van der Waals surface area contributed by atoms with Gasteiger partial charge in [-0.05, 0) is 32.0 Å². The highest BCUT2D eigenvalue weighted by Crippen LogP contribution is 2.33. The largest absolute Gasteiger partial charge is 0.394 e. The van der Waals surface area contributed by atoms with Crippen LogP contribution in [0.5, 0.6) is 0 Å². The molecule has 1 aliphatic heterocycles. The van der Waals surface area contributed by atoms with E-state index < -0.39 is 37.7 Å². The van der Waals surface area contributed by atoms with Gasteiger partial charge in [0.1, 0.15) is 4.90 Å². The third kappa shape index (κ3) is 6.99. The first kappa shape index (κ1) is 27.2. The summed E-state index contributed by atoms with van der Waals surface area (Å²) in [5.74, 6) is 4.57. The average molecular weight is 505 g/mol. The van der Waals surface area contributed by atoms with Crippen LogP contribution in [0.4, 0.5) is 5.69 Å². The van der Waals surface area contributed by atoms with Crippen LogP contribution < -0.4 is 26.5 Å². The summed E-state index contributed by atoms with van der Waals surface area (Å²) >= 11 is 0. The number of ether oxygens (including phenoxy) is 1. The number of primary sulfonamides is 1. The second kappa shape index (κ2) is 12.5. The lowest BCUT2D eigenvalue weighted by atomic mass is 10.1. The zero-order valence-electron chi connectivity index (χ0n) is 18.7. The predicted octanol–water partition coefficient (Wildman–Crippen LogP) is -1.16. The van der Waals surface area contributed by atoms with Crippen molar-refractivity contribution in [1.82, 2.24) is 10.6 Å². The highest BCUT2D eigenvalue weighted by Gasteiger charge is 2.30. The van der Waals surface area contributed by atoms with E-state index in [4.69, 9.17) is 21.1 Å². The number of rotatable bonds is 12. The smallest absolute Gasteiger partial charge is 0.240 e. The molecule has 0 spiro atoms. The van der Waals surface area contributed by atoms with Crippen LogP contribution in [-0.2, 0) is 25.6 Å². The highest BCUT2D eigenvalue weighted by atomic mass is 32.2. The summed E-state index contributed by atoms with van der Waals surface area (Å²) in [7, 11) is -4.78. The third-order valence-electron chi connectivity index (χ3n) is 5.27. The minimum absolute atomic E-state index is 0.00709. The number of benzene rings is 1. The highest BCUT2D eigenvalue weighted by molar-refractivity contribution is 7.91. The van der Waals surface area contributed by atoms with Crippen LogP contribution in [0, 0.1) is 5.41 Å². The number of nitrogens with zero attached hydrogens (tertiary/aromatic N) is 3. The molecule has 3 atom stereocenters. The second-order valence-corrected chi connectivity index (χ2v) is 10.3. The molecule has 33 heavy (non-hydrogen) atoms. The van der Waals surface area contributed by atoms with E-state index >= 15 is 0 Å². The van der Waals surface area contributed by atoms with E-state index in [0.717, 1.165) is 19.5 Å². The molecule has 8 N–H and O–H groups in total. The molecule has 1 aliphatic rings. The molecule has 0 amide bonds. The van der Waals surface area contributed by atoms with E-state index in [0.29, 0.717) is 6.54 Å². The fourth-order valence-corrected chi connectivity index (χ4v) is 6.10. The van der Waals surface area contributed by atoms with Crippen molar-refractivity contribution in [3.05, 3.63) is 17.7 Å². The first-order valence-corrected chi connectivity index (χ1v) is 13.1. The third-order valence-corrected chi connectivity index (χ3v) is 7.65. The number of nitrogens with one attached hydrogen (secondary N) is 3. The number of aliphatic hydroxyl groups excluding tert-OH is 1. The molecule has 13 nitrogen and oxygen atoms in total. The van der Waals surface area contributed by atoms with Crippen LogP contribution in [-0.4, -0.2) is 81.5 Å². The normalized spacial score (nSPS) is 18.5. The molecule has 0 aliphatic carbocycles. The summed E-state index contributed by atoms with van der Waals surface area (Å²) in [4.78, 5) is 1.18. The van der Waals surface area contributed by atoms with Crippen molar-refractivity contribution in [2.75, 3.05) is 50.7 Å². The first-order valence-electron chi connectivity index (χ1n) is 10.3. The van der Waals surface area contributed by atoms with Crippen LogP contribution in [0.15, 0.2) is 32.3 Å². The van der Waals surface area contributed by atoms with Crippen LogP contribution in [0.25, 0.3) is 0 Å². The van der Waals surface area contributed by atoms with E-state index in [-0.39, 0.29) is 41.2 Å². The lowest BCUT2D eigenvalue weighted by Crippen LogP contribution is -2.37. The number of likely N-dealkylation sites (N-methyl/N-ethyl adjacent to an activating group) is 1. The van der Waals surface area contributed by atoms with Gasteiger partial charge in [0.05, 0.1) is 39.8 Å². The SMILES string of the molecule is CCN(CC(CO)OC)c1ccc(S(=O)CN[C@@H]2CCNC2)c(S(N)(=O)=O)c1C(=N)N=NN. The Balaban J connectivity index is 2.61. The monoisotopic (exact) mass is 504 g/mol. The molecule has 0 aromatic heterocycles. The maximum atomic E-state index is 13.1. The van der Waals surface area contributed by atoms with Gasteiger partial charge in [0.25, 0.3) is 0 Å². The Hall–Kier alpha value is -2.01. The Bertz CT molecular complexity index is 978. The number of aliphatic hydroxyl groups is 1. The van der Waals surface area contributed by atoms with Crippen molar-refractivity contribution in [3.8, 4) is 0 Å². The van der Waals surface area contributed by atoms with Crippen LogP contribution >= 0.6 is 0 Å². The number of sulfonamides is 1. The van der Waals surface area contributed by atoms with E-state index in [1.807, 2.05) is 6.92 Å². The summed E-state index contributed by atoms with van der Waals surface area (Å²) in [6.07, 6.45) is 0.293. The quantitative estimate of drug-likeness (QED) is 0.0665. The van der Waals surface area contributed by atoms with E-state index in [1.54, 1.807) is 11.0 Å². The number of hydrogen-bond donors (Lipinski definition) is 6. The number of nitrogens with two attached hydrogens (primary N) is 2. The number of amidine groups is 1. The summed E-state index contributed by atoms with van der Waals surface area (Å²) < 4.78 is 43.7. The molecule has 1 aromatic rings. The van der Waals surface area contributed by atoms with Crippen molar-refractivity contribution >= 4 is 32.3 Å². The Labute approximate surface area is 195 Å². The Morgan fingerprint density at radius 1 is 1.52 bits per heavy atom. The van der Waals surface area contributed by atoms with Crippen molar-refractivity contribution in [3.63, 3.8) is 0 Å². The lowest BCUT2D eigenvalue weighted by Gasteiger charge is -2.29. The van der Waals surface area contributed by atoms with Crippen molar-refractivity contribution < 1.29 is 22.5 Å².